The average molecular weight is 689 g/mol. The third-order valence-corrected chi connectivity index (χ3v) is 11.3. The van der Waals surface area contributed by atoms with Crippen molar-refractivity contribution in [3.05, 3.63) is 76.7 Å². The minimum absolute atomic E-state index is 0.0683. The van der Waals surface area contributed by atoms with Gasteiger partial charge in [0.2, 0.25) is 0 Å². The second-order valence-electron chi connectivity index (χ2n) is 14.4. The number of alkyl halides is 2. The van der Waals surface area contributed by atoms with Gasteiger partial charge in [0.25, 0.3) is 12.0 Å². The van der Waals surface area contributed by atoms with Crippen LogP contribution in [0.3, 0.4) is 0 Å². The van der Waals surface area contributed by atoms with Gasteiger partial charge in [-0.2, -0.15) is 0 Å². The van der Waals surface area contributed by atoms with E-state index in [4.69, 9.17) is 14.7 Å². The maximum Gasteiger partial charge on any atom is 0.261 e. The zero-order valence-corrected chi connectivity index (χ0v) is 28.7. The van der Waals surface area contributed by atoms with Gasteiger partial charge < -0.3 is 20.3 Å². The number of piperazine rings is 1. The Morgan fingerprint density at radius 3 is 2.72 bits per heavy atom. The molecule has 13 heteroatoms. The van der Waals surface area contributed by atoms with Gasteiger partial charge in [0.15, 0.2) is 11.8 Å². The van der Waals surface area contributed by atoms with Crippen molar-refractivity contribution < 1.29 is 17.9 Å². The minimum atomic E-state index is -2.51. The number of rotatable bonds is 8. The molecule has 4 aliphatic rings. The Balaban J connectivity index is 1.23. The number of aromatic nitrogens is 4. The molecule has 0 radical (unpaired) electrons. The zero-order chi connectivity index (χ0) is 35.2. The molecule has 4 fully saturated rings. The number of benzene rings is 2. The summed E-state index contributed by atoms with van der Waals surface area (Å²) in [5.74, 6) is 2.36. The number of hydrogen-bond donors (Lipinski definition) is 2. The summed E-state index contributed by atoms with van der Waals surface area (Å²) in [6.45, 7) is 8.15. The first-order valence-electron chi connectivity index (χ1n) is 17.3. The van der Waals surface area contributed by atoms with Crippen LogP contribution in [0.4, 0.5) is 18.9 Å². The van der Waals surface area contributed by atoms with Crippen molar-refractivity contribution in [3.63, 3.8) is 0 Å². The van der Waals surface area contributed by atoms with Crippen molar-refractivity contribution >= 4 is 22.5 Å². The van der Waals surface area contributed by atoms with Gasteiger partial charge in [-0.05, 0) is 72.3 Å². The maximum atomic E-state index is 14.8. The van der Waals surface area contributed by atoms with Gasteiger partial charge in [-0.15, -0.1) is 0 Å². The van der Waals surface area contributed by atoms with Crippen LogP contribution in [0, 0.1) is 29.0 Å². The number of anilines is 1. The fourth-order valence-electron chi connectivity index (χ4n) is 8.12. The van der Waals surface area contributed by atoms with Crippen molar-refractivity contribution in [1.29, 1.82) is 0 Å². The quantitative estimate of drug-likeness (QED) is 0.182. The molecule has 50 heavy (non-hydrogen) atoms. The van der Waals surface area contributed by atoms with Crippen molar-refractivity contribution in [1.82, 2.24) is 29.7 Å². The predicted octanol–water partition coefficient (Wildman–Crippen LogP) is 5.62. The van der Waals surface area contributed by atoms with E-state index in [1.807, 2.05) is 4.90 Å². The molecule has 3 saturated carbocycles. The molecule has 1 unspecified atom stereocenters. The lowest BCUT2D eigenvalue weighted by Crippen LogP contribution is -2.58. The van der Waals surface area contributed by atoms with Crippen molar-refractivity contribution in [2.45, 2.75) is 65.1 Å². The Labute approximate surface area is 289 Å². The van der Waals surface area contributed by atoms with Crippen molar-refractivity contribution in [3.8, 4) is 17.3 Å². The summed E-state index contributed by atoms with van der Waals surface area (Å²) >= 11 is 0. The van der Waals surface area contributed by atoms with Crippen LogP contribution in [-0.2, 0) is 13.0 Å². The first-order valence-corrected chi connectivity index (χ1v) is 17.3. The van der Waals surface area contributed by atoms with Gasteiger partial charge in [-0.3, -0.25) is 14.3 Å². The van der Waals surface area contributed by atoms with Crippen molar-refractivity contribution in [2.75, 3.05) is 32.1 Å². The Morgan fingerprint density at radius 1 is 1.18 bits per heavy atom. The SMILES string of the molecule is COc1ccc(CCn2c(-c3cnccn3)nc3cc(N/C(=N/C4C[C@H]5C[C@@H]([C@@H]4C)C5(C)C)N4CCN[C@@H](C(F)F)C4)ccc3c2=O)c(F)c1. The number of nitrogens with one attached hydrogen (secondary N) is 2. The number of halogens is 3. The van der Waals surface area contributed by atoms with Gasteiger partial charge >= 0.3 is 0 Å². The molecule has 0 spiro atoms. The second-order valence-corrected chi connectivity index (χ2v) is 14.4. The first kappa shape index (κ1) is 34.0. The van der Waals surface area contributed by atoms with Crippen molar-refractivity contribution in [2.24, 2.45) is 28.2 Å². The number of nitrogens with zero attached hydrogens (tertiary/aromatic N) is 6. The number of ether oxygens (including phenoxy) is 1. The highest BCUT2D eigenvalue weighted by Crippen LogP contribution is 2.61. The standard InChI is InChI=1S/C37H43F3N8O2/c1-21-27-15-23(37(27,2)3)16-29(21)46-36(47-14-12-43-32(20-47)33(39)40)44-24-6-8-26-30(17-24)45-34(31-19-41-10-11-42-31)48(35(26)49)13-9-22-5-7-25(50-4)18-28(22)38/h5-8,10-11,17-19,21,23,27,29,32-33,43H,9,12-16,20H2,1-4H3,(H,44,46)/t21-,23+,27-,29?,32+/m0/s1. The summed E-state index contributed by atoms with van der Waals surface area (Å²) in [7, 11) is 1.48. The highest BCUT2D eigenvalue weighted by molar-refractivity contribution is 5.96. The third kappa shape index (κ3) is 6.43. The Kier molecular flexibility index (Phi) is 9.27. The molecule has 1 aliphatic heterocycles. The molecule has 3 heterocycles. The lowest BCUT2D eigenvalue weighted by Gasteiger charge is -2.61. The molecule has 1 saturated heterocycles. The normalized spacial score (nSPS) is 24.7. The number of fused-ring (bicyclic) bond motifs is 3. The molecule has 3 aliphatic carbocycles. The molecule has 2 N–H and O–H groups in total. The third-order valence-electron chi connectivity index (χ3n) is 11.3. The molecular formula is C37H43F3N8O2. The molecule has 4 aromatic rings. The summed E-state index contributed by atoms with van der Waals surface area (Å²) in [6, 6.07) is 9.01. The molecule has 2 aromatic carbocycles. The van der Waals surface area contributed by atoms with Crippen LogP contribution in [-0.4, -0.2) is 75.6 Å². The largest absolute Gasteiger partial charge is 0.497 e. The van der Waals surface area contributed by atoms with E-state index in [9.17, 15) is 18.0 Å². The predicted molar refractivity (Wildman–Crippen MR) is 187 cm³/mol. The Bertz CT molecular complexity index is 1950. The van der Waals surface area contributed by atoms with E-state index in [1.165, 1.54) is 42.8 Å². The van der Waals surface area contributed by atoms with E-state index >= 15 is 0 Å². The van der Waals surface area contributed by atoms with Crippen LogP contribution in [0.1, 0.15) is 39.2 Å². The van der Waals surface area contributed by atoms with Gasteiger partial charge in [0.1, 0.15) is 17.3 Å². The molecule has 2 bridgehead atoms. The lowest BCUT2D eigenvalue weighted by molar-refractivity contribution is -0.108. The van der Waals surface area contributed by atoms with Crippen LogP contribution >= 0.6 is 0 Å². The van der Waals surface area contributed by atoms with Gasteiger partial charge in [0, 0.05) is 50.3 Å². The molecule has 264 valence electrons. The highest BCUT2D eigenvalue weighted by atomic mass is 19.3. The van der Waals surface area contributed by atoms with E-state index in [-0.39, 0.29) is 36.5 Å². The highest BCUT2D eigenvalue weighted by Gasteiger charge is 2.56. The summed E-state index contributed by atoms with van der Waals surface area (Å²) in [5, 5.41) is 6.76. The van der Waals surface area contributed by atoms with E-state index < -0.39 is 18.3 Å². The van der Waals surface area contributed by atoms with E-state index in [1.54, 1.807) is 30.3 Å². The summed E-state index contributed by atoms with van der Waals surface area (Å²) in [4.78, 5) is 34.7. The molecular weight excluding hydrogens is 645 g/mol. The zero-order valence-electron chi connectivity index (χ0n) is 28.7. The van der Waals surface area contributed by atoms with Crippen LogP contribution in [0.25, 0.3) is 22.4 Å². The number of aliphatic imine (C=N–C) groups is 1. The van der Waals surface area contributed by atoms with Gasteiger partial charge in [0.05, 0.1) is 36.3 Å². The molecule has 2 aromatic heterocycles. The lowest BCUT2D eigenvalue weighted by atomic mass is 9.45. The number of hydrogen-bond acceptors (Lipinski definition) is 7. The topological polar surface area (TPSA) is 110 Å². The van der Waals surface area contributed by atoms with Crippen LogP contribution in [0.15, 0.2) is 64.8 Å². The number of methoxy groups -OCH3 is 1. The summed E-state index contributed by atoms with van der Waals surface area (Å²) in [5.41, 5.74) is 1.87. The Morgan fingerprint density at radius 2 is 2.02 bits per heavy atom. The molecule has 10 nitrogen and oxygen atoms in total. The average Bonchev–Trinajstić information content (AvgIpc) is 3.12. The smallest absolute Gasteiger partial charge is 0.261 e. The maximum absolute atomic E-state index is 14.8. The summed E-state index contributed by atoms with van der Waals surface area (Å²) < 4.78 is 49.1. The first-order chi connectivity index (χ1) is 24.0. The fraction of sp³-hybridized carbons (Fsp3) is 0.486. The van der Waals surface area contributed by atoms with Crippen LogP contribution < -0.4 is 20.9 Å². The minimum Gasteiger partial charge on any atom is -0.497 e. The monoisotopic (exact) mass is 688 g/mol. The Hall–Kier alpha value is -4.52. The van der Waals surface area contributed by atoms with Crippen LogP contribution in [0.5, 0.6) is 5.75 Å². The fourth-order valence-corrected chi connectivity index (χ4v) is 8.12. The molecule has 0 amide bonds. The van der Waals surface area contributed by atoms with Gasteiger partial charge in [-0.1, -0.05) is 26.8 Å². The molecule has 8 rings (SSSR count). The van der Waals surface area contributed by atoms with Gasteiger partial charge in [-0.25, -0.2) is 28.1 Å². The number of guanidine groups is 1. The molecule has 5 atom stereocenters. The second kappa shape index (κ2) is 13.7. The summed E-state index contributed by atoms with van der Waals surface area (Å²) in [6.07, 6.45) is 4.49. The van der Waals surface area contributed by atoms with E-state index in [0.29, 0.717) is 76.2 Å². The van der Waals surface area contributed by atoms with E-state index in [0.717, 1.165) is 6.42 Å². The number of aryl methyl sites for hydroxylation is 1. The van der Waals surface area contributed by atoms with Crippen LogP contribution in [0.2, 0.25) is 0 Å². The van der Waals surface area contributed by atoms with E-state index in [2.05, 4.69) is 41.4 Å².